The number of para-hydroxylation sites is 2. The SMILES string of the molecule is O=[N+]([O-])c1ccc(Oc2ccccc2C=NNc2ccccc2)c([N+](=O)[O-])c1. The molecule has 28 heavy (non-hydrogen) atoms. The van der Waals surface area contributed by atoms with Crippen LogP contribution in [0.2, 0.25) is 0 Å². The van der Waals surface area contributed by atoms with Gasteiger partial charge in [0.1, 0.15) is 5.75 Å². The fourth-order valence-corrected chi connectivity index (χ4v) is 2.34. The first kappa shape index (κ1) is 18.5. The molecule has 3 rings (SSSR count). The summed E-state index contributed by atoms with van der Waals surface area (Å²) in [6, 6.07) is 19.3. The lowest BCUT2D eigenvalue weighted by atomic mass is 10.2. The topological polar surface area (TPSA) is 120 Å². The lowest BCUT2D eigenvalue weighted by Crippen LogP contribution is -1.98. The summed E-state index contributed by atoms with van der Waals surface area (Å²) in [6.07, 6.45) is 1.51. The van der Waals surface area contributed by atoms with Gasteiger partial charge in [-0.25, -0.2) is 0 Å². The second-order valence-electron chi connectivity index (χ2n) is 5.54. The number of nitrogens with one attached hydrogen (secondary N) is 1. The van der Waals surface area contributed by atoms with Crippen molar-refractivity contribution in [1.82, 2.24) is 0 Å². The lowest BCUT2D eigenvalue weighted by Gasteiger charge is -2.09. The molecule has 0 radical (unpaired) electrons. The van der Waals surface area contributed by atoms with Gasteiger partial charge in [0, 0.05) is 11.6 Å². The zero-order valence-electron chi connectivity index (χ0n) is 14.4. The van der Waals surface area contributed by atoms with Crippen LogP contribution in [0.25, 0.3) is 0 Å². The molecule has 0 amide bonds. The van der Waals surface area contributed by atoms with E-state index in [1.54, 1.807) is 24.3 Å². The number of rotatable bonds is 7. The molecule has 0 aliphatic carbocycles. The second-order valence-corrected chi connectivity index (χ2v) is 5.54. The number of hydrogen-bond donors (Lipinski definition) is 1. The van der Waals surface area contributed by atoms with E-state index in [2.05, 4.69) is 10.5 Å². The number of benzene rings is 3. The van der Waals surface area contributed by atoms with Gasteiger partial charge in [-0.3, -0.25) is 25.7 Å². The van der Waals surface area contributed by atoms with Crippen molar-refractivity contribution in [2.75, 3.05) is 5.43 Å². The van der Waals surface area contributed by atoms with Crippen molar-refractivity contribution >= 4 is 23.3 Å². The molecule has 0 saturated heterocycles. The lowest BCUT2D eigenvalue weighted by molar-refractivity contribution is -0.394. The molecule has 9 heteroatoms. The fraction of sp³-hybridized carbons (Fsp3) is 0. The van der Waals surface area contributed by atoms with E-state index < -0.39 is 15.5 Å². The van der Waals surface area contributed by atoms with Crippen LogP contribution in [-0.4, -0.2) is 16.1 Å². The maximum atomic E-state index is 11.3. The van der Waals surface area contributed by atoms with Crippen molar-refractivity contribution in [3.05, 3.63) is 98.6 Å². The van der Waals surface area contributed by atoms with Crippen LogP contribution in [0.1, 0.15) is 5.56 Å². The van der Waals surface area contributed by atoms with Gasteiger partial charge in [-0.05, 0) is 30.3 Å². The Labute approximate surface area is 159 Å². The molecule has 140 valence electrons. The van der Waals surface area contributed by atoms with Gasteiger partial charge in [0.15, 0.2) is 0 Å². The van der Waals surface area contributed by atoms with Gasteiger partial charge in [0.2, 0.25) is 5.75 Å². The molecule has 0 heterocycles. The Morgan fingerprint density at radius 3 is 2.29 bits per heavy atom. The van der Waals surface area contributed by atoms with Crippen molar-refractivity contribution in [1.29, 1.82) is 0 Å². The Morgan fingerprint density at radius 2 is 1.57 bits per heavy atom. The molecular weight excluding hydrogens is 364 g/mol. The zero-order chi connectivity index (χ0) is 19.9. The van der Waals surface area contributed by atoms with Gasteiger partial charge in [0.05, 0.1) is 27.8 Å². The van der Waals surface area contributed by atoms with Crippen molar-refractivity contribution in [3.8, 4) is 11.5 Å². The third kappa shape index (κ3) is 4.47. The van der Waals surface area contributed by atoms with E-state index in [0.29, 0.717) is 11.3 Å². The van der Waals surface area contributed by atoms with E-state index in [-0.39, 0.29) is 11.4 Å². The van der Waals surface area contributed by atoms with Gasteiger partial charge in [-0.2, -0.15) is 5.10 Å². The van der Waals surface area contributed by atoms with Crippen LogP contribution < -0.4 is 10.2 Å². The third-order valence-corrected chi connectivity index (χ3v) is 3.66. The van der Waals surface area contributed by atoms with E-state index in [1.165, 1.54) is 12.3 Å². The van der Waals surface area contributed by atoms with Crippen LogP contribution in [0.3, 0.4) is 0 Å². The first-order valence-corrected chi connectivity index (χ1v) is 8.08. The first-order valence-electron chi connectivity index (χ1n) is 8.08. The van der Waals surface area contributed by atoms with E-state index >= 15 is 0 Å². The number of nitro benzene ring substituents is 2. The minimum atomic E-state index is -0.726. The maximum absolute atomic E-state index is 11.3. The van der Waals surface area contributed by atoms with Crippen LogP contribution in [0.4, 0.5) is 17.1 Å². The number of hydrazone groups is 1. The van der Waals surface area contributed by atoms with Crippen molar-refractivity contribution in [2.45, 2.75) is 0 Å². The standard InChI is InChI=1S/C19H14N4O5/c24-22(25)16-10-11-19(17(12-16)23(26)27)28-18-9-5-4-6-14(18)13-20-21-15-7-2-1-3-8-15/h1-13,21H. The number of hydrogen-bond acceptors (Lipinski definition) is 7. The third-order valence-electron chi connectivity index (χ3n) is 3.66. The largest absolute Gasteiger partial charge is 0.449 e. The normalized spacial score (nSPS) is 10.6. The highest BCUT2D eigenvalue weighted by Crippen LogP contribution is 2.35. The van der Waals surface area contributed by atoms with Crippen molar-refractivity contribution in [2.24, 2.45) is 5.10 Å². The van der Waals surface area contributed by atoms with Crippen molar-refractivity contribution in [3.63, 3.8) is 0 Å². The molecule has 0 bridgehead atoms. The highest BCUT2D eigenvalue weighted by Gasteiger charge is 2.21. The minimum absolute atomic E-state index is 0.104. The predicted molar refractivity (Wildman–Crippen MR) is 104 cm³/mol. The zero-order valence-corrected chi connectivity index (χ0v) is 14.4. The molecule has 0 saturated carbocycles. The number of nitrogens with zero attached hydrogens (tertiary/aromatic N) is 3. The highest BCUT2D eigenvalue weighted by atomic mass is 16.6. The summed E-state index contributed by atoms with van der Waals surface area (Å²) >= 11 is 0. The van der Waals surface area contributed by atoms with Crippen LogP contribution in [0.5, 0.6) is 11.5 Å². The van der Waals surface area contributed by atoms with Gasteiger partial charge >= 0.3 is 5.69 Å². The van der Waals surface area contributed by atoms with Crippen LogP contribution in [-0.2, 0) is 0 Å². The summed E-state index contributed by atoms with van der Waals surface area (Å²) < 4.78 is 5.66. The average Bonchev–Trinajstić information content (AvgIpc) is 2.70. The molecule has 0 atom stereocenters. The Balaban J connectivity index is 1.85. The molecule has 0 aliphatic heterocycles. The summed E-state index contributed by atoms with van der Waals surface area (Å²) in [5, 5.41) is 26.3. The molecule has 0 unspecified atom stereocenters. The monoisotopic (exact) mass is 378 g/mol. The molecule has 9 nitrogen and oxygen atoms in total. The number of nitro groups is 2. The summed E-state index contributed by atoms with van der Waals surface area (Å²) in [7, 11) is 0. The van der Waals surface area contributed by atoms with Crippen LogP contribution in [0.15, 0.2) is 77.9 Å². The molecule has 0 fully saturated rings. The molecule has 3 aromatic rings. The van der Waals surface area contributed by atoms with Crippen molar-refractivity contribution < 1.29 is 14.6 Å². The molecule has 0 spiro atoms. The first-order chi connectivity index (χ1) is 13.5. The summed E-state index contributed by atoms with van der Waals surface area (Å²) in [4.78, 5) is 20.7. The number of ether oxygens (including phenoxy) is 1. The van der Waals surface area contributed by atoms with E-state index in [0.717, 1.165) is 17.8 Å². The summed E-state index contributed by atoms with van der Waals surface area (Å²) in [6.45, 7) is 0. The Hall–Kier alpha value is -4.27. The Morgan fingerprint density at radius 1 is 0.857 bits per heavy atom. The molecule has 0 aliphatic rings. The molecular formula is C19H14N4O5. The molecule has 1 N–H and O–H groups in total. The van der Waals surface area contributed by atoms with Gasteiger partial charge in [0.25, 0.3) is 5.69 Å². The number of anilines is 1. The van der Waals surface area contributed by atoms with E-state index in [1.807, 2.05) is 30.3 Å². The maximum Gasteiger partial charge on any atom is 0.318 e. The van der Waals surface area contributed by atoms with Gasteiger partial charge in [-0.15, -0.1) is 0 Å². The quantitative estimate of drug-likeness (QED) is 0.360. The van der Waals surface area contributed by atoms with E-state index in [9.17, 15) is 20.2 Å². The second kappa shape index (κ2) is 8.41. The molecule has 3 aromatic carbocycles. The summed E-state index contributed by atoms with van der Waals surface area (Å²) in [5.74, 6) is 0.213. The highest BCUT2D eigenvalue weighted by molar-refractivity contribution is 5.84. The Kier molecular flexibility index (Phi) is 5.56. The van der Waals surface area contributed by atoms with Crippen LogP contribution >= 0.6 is 0 Å². The summed E-state index contributed by atoms with van der Waals surface area (Å²) in [5.41, 5.74) is 3.34. The smallest absolute Gasteiger partial charge is 0.318 e. The Bertz CT molecular complexity index is 1040. The van der Waals surface area contributed by atoms with Gasteiger partial charge < -0.3 is 4.74 Å². The fourth-order valence-electron chi connectivity index (χ4n) is 2.34. The van der Waals surface area contributed by atoms with Crippen LogP contribution in [0, 0.1) is 20.2 Å². The average molecular weight is 378 g/mol. The van der Waals surface area contributed by atoms with E-state index in [4.69, 9.17) is 4.74 Å². The minimum Gasteiger partial charge on any atom is -0.449 e. The number of non-ortho nitro benzene ring substituents is 1. The van der Waals surface area contributed by atoms with Gasteiger partial charge in [-0.1, -0.05) is 30.3 Å². The molecule has 0 aromatic heterocycles. The predicted octanol–water partition coefficient (Wildman–Crippen LogP) is 4.74.